The number of rotatable bonds is 8. The molecule has 2 nitrogen and oxygen atoms in total. The lowest BCUT2D eigenvalue weighted by molar-refractivity contribution is 0.287. The summed E-state index contributed by atoms with van der Waals surface area (Å²) < 4.78 is 11.1. The first kappa shape index (κ1) is 16.5. The van der Waals surface area contributed by atoms with E-state index < -0.39 is 0 Å². The van der Waals surface area contributed by atoms with Crippen LogP contribution in [0.2, 0.25) is 5.02 Å². The summed E-state index contributed by atoms with van der Waals surface area (Å²) in [7, 11) is 0. The van der Waals surface area contributed by atoms with Gasteiger partial charge < -0.3 is 9.47 Å². The fraction of sp³-hybridized carbons (Fsp3) is 0.600. The van der Waals surface area contributed by atoms with Crippen LogP contribution in [-0.2, 0) is 0 Å². The van der Waals surface area contributed by atoms with Gasteiger partial charge in [-0.15, -0.1) is 11.6 Å². The van der Waals surface area contributed by atoms with Gasteiger partial charge in [0.25, 0.3) is 0 Å². The van der Waals surface area contributed by atoms with Crippen LogP contribution in [0, 0.1) is 0 Å². The Kier molecular flexibility index (Phi) is 7.40. The van der Waals surface area contributed by atoms with Gasteiger partial charge >= 0.3 is 0 Å². The molecule has 0 radical (unpaired) electrons. The maximum Gasteiger partial charge on any atom is 0.162 e. The molecule has 0 amide bonds. The molecular weight excluding hydrogens is 283 g/mol. The first-order valence-corrected chi connectivity index (χ1v) is 7.68. The Labute approximate surface area is 126 Å². The Hall–Kier alpha value is -0.600. The van der Waals surface area contributed by atoms with Gasteiger partial charge in [0, 0.05) is 11.1 Å². The minimum atomic E-state index is -0.0812. The zero-order valence-corrected chi connectivity index (χ0v) is 13.4. The lowest BCUT2D eigenvalue weighted by Gasteiger charge is -2.16. The lowest BCUT2D eigenvalue weighted by Crippen LogP contribution is -2.01. The molecule has 1 aromatic carbocycles. The highest BCUT2D eigenvalue weighted by Gasteiger charge is 2.16. The Balaban J connectivity index is 3.01. The van der Waals surface area contributed by atoms with E-state index in [1.54, 1.807) is 6.07 Å². The van der Waals surface area contributed by atoms with Gasteiger partial charge in [-0.1, -0.05) is 31.4 Å². The van der Waals surface area contributed by atoms with Gasteiger partial charge in [0.2, 0.25) is 0 Å². The molecule has 19 heavy (non-hydrogen) atoms. The molecule has 0 aliphatic heterocycles. The van der Waals surface area contributed by atoms with Crippen molar-refractivity contribution in [3.8, 4) is 11.5 Å². The molecule has 4 heteroatoms. The van der Waals surface area contributed by atoms with Crippen LogP contribution in [0.3, 0.4) is 0 Å². The molecule has 0 saturated heterocycles. The minimum absolute atomic E-state index is 0.0812. The molecule has 108 valence electrons. The maximum atomic E-state index is 6.41. The SMILES string of the molecule is CCCCC(Cl)c1cc(OCC)c(OCC)cc1Cl. The van der Waals surface area contributed by atoms with E-state index in [4.69, 9.17) is 32.7 Å². The number of hydrogen-bond donors (Lipinski definition) is 0. The standard InChI is InChI=1S/C15H22Cl2O2/c1-4-7-8-12(16)11-9-14(18-5-2)15(19-6-3)10-13(11)17/h9-10,12H,4-8H2,1-3H3. The van der Waals surface area contributed by atoms with Crippen molar-refractivity contribution in [2.45, 2.75) is 45.4 Å². The molecule has 1 rings (SSSR count). The first-order chi connectivity index (χ1) is 9.13. The van der Waals surface area contributed by atoms with E-state index in [-0.39, 0.29) is 5.38 Å². The van der Waals surface area contributed by atoms with Crippen LogP contribution in [0.4, 0.5) is 0 Å². The van der Waals surface area contributed by atoms with Gasteiger partial charge in [0.15, 0.2) is 11.5 Å². The summed E-state index contributed by atoms with van der Waals surface area (Å²) in [6, 6.07) is 3.71. The number of hydrogen-bond acceptors (Lipinski definition) is 2. The number of alkyl halides is 1. The van der Waals surface area contributed by atoms with Crippen molar-refractivity contribution in [1.29, 1.82) is 0 Å². The molecular formula is C15H22Cl2O2. The van der Waals surface area contributed by atoms with Crippen LogP contribution in [0.1, 0.15) is 51.0 Å². The lowest BCUT2D eigenvalue weighted by atomic mass is 10.1. The van der Waals surface area contributed by atoms with Crippen LogP contribution < -0.4 is 9.47 Å². The highest BCUT2D eigenvalue weighted by atomic mass is 35.5. The largest absolute Gasteiger partial charge is 0.490 e. The molecule has 1 atom stereocenters. The fourth-order valence-electron chi connectivity index (χ4n) is 1.87. The summed E-state index contributed by atoms with van der Waals surface area (Å²) in [6.45, 7) is 7.19. The predicted octanol–water partition coefficient (Wildman–Crippen LogP) is 5.61. The van der Waals surface area contributed by atoms with Crippen molar-refractivity contribution in [2.75, 3.05) is 13.2 Å². The zero-order chi connectivity index (χ0) is 14.3. The monoisotopic (exact) mass is 304 g/mol. The summed E-state index contributed by atoms with van der Waals surface area (Å²) in [5.41, 5.74) is 0.920. The van der Waals surface area contributed by atoms with Crippen LogP contribution in [0.15, 0.2) is 12.1 Å². The predicted molar refractivity (Wildman–Crippen MR) is 81.9 cm³/mol. The third-order valence-electron chi connectivity index (χ3n) is 2.81. The van der Waals surface area contributed by atoms with Crippen molar-refractivity contribution < 1.29 is 9.47 Å². The van der Waals surface area contributed by atoms with Crippen LogP contribution >= 0.6 is 23.2 Å². The number of benzene rings is 1. The Bertz CT molecular complexity index is 394. The average molecular weight is 305 g/mol. The third-order valence-corrected chi connectivity index (χ3v) is 3.59. The quantitative estimate of drug-likeness (QED) is 0.581. The van der Waals surface area contributed by atoms with Crippen molar-refractivity contribution in [2.24, 2.45) is 0 Å². The molecule has 0 aromatic heterocycles. The maximum absolute atomic E-state index is 6.41. The molecule has 0 aliphatic rings. The second kappa shape index (κ2) is 8.55. The topological polar surface area (TPSA) is 18.5 Å². The van der Waals surface area contributed by atoms with Gasteiger partial charge in [-0.25, -0.2) is 0 Å². The van der Waals surface area contributed by atoms with Gasteiger partial charge in [-0.2, -0.15) is 0 Å². The van der Waals surface area contributed by atoms with Gasteiger partial charge in [0.05, 0.1) is 18.6 Å². The third kappa shape index (κ3) is 4.77. The first-order valence-electron chi connectivity index (χ1n) is 6.87. The van der Waals surface area contributed by atoms with Crippen molar-refractivity contribution >= 4 is 23.2 Å². The van der Waals surface area contributed by atoms with E-state index in [0.717, 1.165) is 24.8 Å². The van der Waals surface area contributed by atoms with Gasteiger partial charge in [-0.3, -0.25) is 0 Å². The highest BCUT2D eigenvalue weighted by molar-refractivity contribution is 6.33. The van der Waals surface area contributed by atoms with Crippen molar-refractivity contribution in [3.05, 3.63) is 22.7 Å². The number of halogens is 2. The average Bonchev–Trinajstić information content (AvgIpc) is 2.39. The summed E-state index contributed by atoms with van der Waals surface area (Å²) in [6.07, 6.45) is 3.12. The normalized spacial score (nSPS) is 12.3. The van der Waals surface area contributed by atoms with Crippen LogP contribution in [0.25, 0.3) is 0 Å². The minimum Gasteiger partial charge on any atom is -0.490 e. The van der Waals surface area contributed by atoms with Crippen molar-refractivity contribution in [3.63, 3.8) is 0 Å². The molecule has 1 aromatic rings. The molecule has 0 fully saturated rings. The number of unbranched alkanes of at least 4 members (excludes halogenated alkanes) is 1. The van der Waals surface area contributed by atoms with E-state index in [1.165, 1.54) is 0 Å². The highest BCUT2D eigenvalue weighted by Crippen LogP contribution is 2.39. The van der Waals surface area contributed by atoms with E-state index >= 15 is 0 Å². The smallest absolute Gasteiger partial charge is 0.162 e. The molecule has 0 bridgehead atoms. The van der Waals surface area contributed by atoms with Gasteiger partial charge in [-0.05, 0) is 31.9 Å². The Morgan fingerprint density at radius 2 is 1.63 bits per heavy atom. The van der Waals surface area contributed by atoms with E-state index in [1.807, 2.05) is 19.9 Å². The summed E-state index contributed by atoms with van der Waals surface area (Å²) in [5.74, 6) is 1.39. The zero-order valence-electron chi connectivity index (χ0n) is 11.8. The van der Waals surface area contributed by atoms with Crippen LogP contribution in [0.5, 0.6) is 11.5 Å². The molecule has 0 spiro atoms. The fourth-order valence-corrected chi connectivity index (χ4v) is 2.54. The van der Waals surface area contributed by atoms with E-state index in [9.17, 15) is 0 Å². The summed E-state index contributed by atoms with van der Waals surface area (Å²) in [5, 5.41) is 0.560. The molecule has 0 heterocycles. The van der Waals surface area contributed by atoms with Gasteiger partial charge in [0.1, 0.15) is 0 Å². The van der Waals surface area contributed by atoms with Crippen molar-refractivity contribution in [1.82, 2.24) is 0 Å². The summed E-state index contributed by atoms with van der Waals surface area (Å²) >= 11 is 12.7. The molecule has 1 unspecified atom stereocenters. The summed E-state index contributed by atoms with van der Waals surface area (Å²) in [4.78, 5) is 0. The second-order valence-corrected chi connectivity index (χ2v) is 5.23. The van der Waals surface area contributed by atoms with E-state index in [2.05, 4.69) is 6.92 Å². The van der Waals surface area contributed by atoms with E-state index in [0.29, 0.717) is 29.7 Å². The Morgan fingerprint density at radius 1 is 1.05 bits per heavy atom. The molecule has 0 saturated carbocycles. The Morgan fingerprint density at radius 3 is 2.16 bits per heavy atom. The molecule has 0 N–H and O–H groups in total. The number of ether oxygens (including phenoxy) is 2. The second-order valence-electron chi connectivity index (χ2n) is 4.30. The van der Waals surface area contributed by atoms with Crippen LogP contribution in [-0.4, -0.2) is 13.2 Å². The molecule has 0 aliphatic carbocycles.